The van der Waals surface area contributed by atoms with E-state index < -0.39 is 10.6 Å². The summed E-state index contributed by atoms with van der Waals surface area (Å²) in [6.07, 6.45) is 0. The second kappa shape index (κ2) is 1.14. The van der Waals surface area contributed by atoms with E-state index in [0.29, 0.717) is 0 Å². The summed E-state index contributed by atoms with van der Waals surface area (Å²) in [7, 11) is -0.907. The molecule has 0 radical (unpaired) electrons. The van der Waals surface area contributed by atoms with E-state index in [1.54, 1.807) is 0 Å². The molecular weight excluding hydrogens is 114 g/mol. The van der Waals surface area contributed by atoms with E-state index in [1.807, 2.05) is 0 Å². The molecule has 1 N–H and O–H groups in total. The molecule has 3 nitrogen and oxygen atoms in total. The van der Waals surface area contributed by atoms with Crippen molar-refractivity contribution in [1.29, 1.82) is 0 Å². The Bertz CT molecular complexity index is 84.9. The van der Waals surface area contributed by atoms with Crippen LogP contribution in [0, 0.1) is 0 Å². The fraction of sp³-hybridized carbons (Fsp3) is 1.00. The molecular formula is C3H7NO2S. The molecule has 1 spiro atoms. The molecule has 2 heterocycles. The molecule has 0 atom stereocenters. The van der Waals surface area contributed by atoms with Crippen LogP contribution < -0.4 is 5.32 Å². The average molecular weight is 121 g/mol. The number of hydrogen-bond donors (Lipinski definition) is 1. The summed E-state index contributed by atoms with van der Waals surface area (Å²) in [6, 6.07) is 0. The van der Waals surface area contributed by atoms with Crippen LogP contribution in [0.15, 0.2) is 0 Å². The summed E-state index contributed by atoms with van der Waals surface area (Å²) in [5.74, 6) is 2.04. The van der Waals surface area contributed by atoms with Crippen molar-refractivity contribution >= 4 is 10.6 Å². The molecule has 0 unspecified atom stereocenters. The van der Waals surface area contributed by atoms with Gasteiger partial charge in [0.1, 0.15) is 0 Å². The van der Waals surface area contributed by atoms with Crippen LogP contribution in [0.4, 0.5) is 0 Å². The minimum atomic E-state index is -0.907. The van der Waals surface area contributed by atoms with E-state index in [2.05, 4.69) is 5.32 Å². The Morgan fingerprint density at radius 1 is 1.43 bits per heavy atom. The third-order valence-electron chi connectivity index (χ3n) is 1.17. The van der Waals surface area contributed by atoms with Gasteiger partial charge in [-0.15, -0.1) is 10.6 Å². The van der Waals surface area contributed by atoms with Gasteiger partial charge in [0.2, 0.25) is 0 Å². The number of hydrogen-bond acceptors (Lipinski definition) is 3. The smallest absolute Gasteiger partial charge is 0.0932 e. The average Bonchev–Trinajstić information content (AvgIpc) is 2.15. The van der Waals surface area contributed by atoms with Gasteiger partial charge in [0.05, 0.1) is 11.6 Å². The van der Waals surface area contributed by atoms with E-state index in [9.17, 15) is 0 Å². The zero-order valence-corrected chi connectivity index (χ0v) is 4.66. The Morgan fingerprint density at radius 2 is 2.29 bits per heavy atom. The van der Waals surface area contributed by atoms with Gasteiger partial charge in [-0.1, -0.05) is 8.67 Å². The minimum Gasteiger partial charge on any atom is -0.299 e. The van der Waals surface area contributed by atoms with Gasteiger partial charge < -0.3 is 0 Å². The van der Waals surface area contributed by atoms with Gasteiger partial charge >= 0.3 is 0 Å². The highest BCUT2D eigenvalue weighted by Crippen LogP contribution is 2.65. The van der Waals surface area contributed by atoms with Crippen LogP contribution in [-0.2, 0) is 8.67 Å². The van der Waals surface area contributed by atoms with Crippen LogP contribution in [0.1, 0.15) is 0 Å². The largest absolute Gasteiger partial charge is 0.299 e. The quantitative estimate of drug-likeness (QED) is 0.366. The molecule has 2 rings (SSSR count). The lowest BCUT2D eigenvalue weighted by atomic mass is 10.8. The molecule has 0 aromatic heterocycles. The molecule has 2 saturated heterocycles. The molecule has 0 aliphatic carbocycles. The van der Waals surface area contributed by atoms with Gasteiger partial charge in [-0.25, -0.2) is 0 Å². The Labute approximate surface area is 43.6 Å². The summed E-state index contributed by atoms with van der Waals surface area (Å²) in [6.45, 7) is 1.06. The van der Waals surface area contributed by atoms with E-state index in [4.69, 9.17) is 8.67 Å². The SMILES string of the molecule is C1CS2(CN1)OO2. The lowest BCUT2D eigenvalue weighted by Crippen LogP contribution is -2.04. The summed E-state index contributed by atoms with van der Waals surface area (Å²) >= 11 is 0. The van der Waals surface area contributed by atoms with Gasteiger partial charge in [0.25, 0.3) is 0 Å². The number of rotatable bonds is 0. The molecule has 2 aliphatic heterocycles. The van der Waals surface area contributed by atoms with Crippen LogP contribution in [0.25, 0.3) is 0 Å². The standard InChI is InChI=1S/C3H7NO2S/c1-2-7(3-4-1)5-6-7/h4H,1-3H2. The fourth-order valence-corrected chi connectivity index (χ4v) is 2.28. The summed E-state index contributed by atoms with van der Waals surface area (Å²) < 4.78 is 9.56. The van der Waals surface area contributed by atoms with Crippen LogP contribution in [-0.4, -0.2) is 18.2 Å². The van der Waals surface area contributed by atoms with Gasteiger partial charge in [-0.05, 0) is 0 Å². The zero-order chi connectivity index (χ0) is 4.74. The monoisotopic (exact) mass is 121 g/mol. The maximum absolute atomic E-state index is 4.78. The maximum atomic E-state index is 4.78. The minimum absolute atomic E-state index is 0.907. The normalized spacial score (nSPS) is 38.9. The van der Waals surface area contributed by atoms with E-state index in [-0.39, 0.29) is 0 Å². The third-order valence-corrected chi connectivity index (χ3v) is 3.16. The maximum Gasteiger partial charge on any atom is 0.0932 e. The Kier molecular flexibility index (Phi) is 0.674. The topological polar surface area (TPSA) is 37.1 Å². The van der Waals surface area contributed by atoms with Crippen molar-refractivity contribution in [3.05, 3.63) is 0 Å². The molecule has 0 bridgehead atoms. The van der Waals surface area contributed by atoms with Gasteiger partial charge in [0.15, 0.2) is 0 Å². The van der Waals surface area contributed by atoms with Crippen molar-refractivity contribution in [1.82, 2.24) is 5.32 Å². The molecule has 2 fully saturated rings. The molecule has 4 heteroatoms. The highest BCUT2D eigenvalue weighted by Gasteiger charge is 2.41. The fourth-order valence-electron chi connectivity index (χ4n) is 0.683. The first-order chi connectivity index (χ1) is 3.41. The van der Waals surface area contributed by atoms with Crippen molar-refractivity contribution in [3.63, 3.8) is 0 Å². The summed E-state index contributed by atoms with van der Waals surface area (Å²) in [5.41, 5.74) is 0. The van der Waals surface area contributed by atoms with Crippen LogP contribution in [0.3, 0.4) is 0 Å². The third kappa shape index (κ3) is 0.551. The van der Waals surface area contributed by atoms with Crippen LogP contribution in [0.2, 0.25) is 0 Å². The first-order valence-electron chi connectivity index (χ1n) is 2.28. The first kappa shape index (κ1) is 4.14. The molecule has 0 aromatic carbocycles. The van der Waals surface area contributed by atoms with E-state index >= 15 is 0 Å². The van der Waals surface area contributed by atoms with Crippen molar-refractivity contribution in [2.45, 2.75) is 0 Å². The van der Waals surface area contributed by atoms with Gasteiger partial charge in [0, 0.05) is 6.54 Å². The summed E-state index contributed by atoms with van der Waals surface area (Å²) in [4.78, 5) is 0. The molecule has 42 valence electrons. The molecule has 0 amide bonds. The molecule has 2 aliphatic rings. The van der Waals surface area contributed by atoms with E-state index in [1.165, 1.54) is 0 Å². The van der Waals surface area contributed by atoms with E-state index in [0.717, 1.165) is 18.2 Å². The summed E-state index contributed by atoms with van der Waals surface area (Å²) in [5, 5.41) is 3.16. The van der Waals surface area contributed by atoms with Crippen molar-refractivity contribution < 1.29 is 8.67 Å². The van der Waals surface area contributed by atoms with Crippen molar-refractivity contribution in [2.75, 3.05) is 18.2 Å². The van der Waals surface area contributed by atoms with Crippen molar-refractivity contribution in [3.8, 4) is 0 Å². The van der Waals surface area contributed by atoms with Gasteiger partial charge in [-0.3, -0.25) is 5.32 Å². The Morgan fingerprint density at radius 3 is 2.57 bits per heavy atom. The van der Waals surface area contributed by atoms with Crippen LogP contribution >= 0.6 is 10.6 Å². The highest BCUT2D eigenvalue weighted by atomic mass is 32.3. The Balaban J connectivity index is 2.07. The number of nitrogens with one attached hydrogen (secondary N) is 1. The lowest BCUT2D eigenvalue weighted by molar-refractivity contribution is 0.0850. The van der Waals surface area contributed by atoms with Crippen molar-refractivity contribution in [2.24, 2.45) is 0 Å². The molecule has 0 saturated carbocycles. The second-order valence-electron chi connectivity index (χ2n) is 1.73. The highest BCUT2D eigenvalue weighted by molar-refractivity contribution is 8.29. The zero-order valence-electron chi connectivity index (χ0n) is 3.85. The molecule has 0 aromatic rings. The molecule has 7 heavy (non-hydrogen) atoms. The lowest BCUT2D eigenvalue weighted by Gasteiger charge is -1.98. The predicted molar refractivity (Wildman–Crippen MR) is 27.5 cm³/mol. The van der Waals surface area contributed by atoms with Crippen LogP contribution in [0.5, 0.6) is 0 Å². The predicted octanol–water partition coefficient (Wildman–Crippen LogP) is 0.144. The Hall–Kier alpha value is 0.230. The second-order valence-corrected chi connectivity index (χ2v) is 4.18. The van der Waals surface area contributed by atoms with Gasteiger partial charge in [-0.2, -0.15) is 0 Å². The first-order valence-corrected chi connectivity index (χ1v) is 4.11.